The Hall–Kier alpha value is -2.37. The van der Waals surface area contributed by atoms with Crippen LogP contribution in [-0.4, -0.2) is 15.2 Å². The summed E-state index contributed by atoms with van der Waals surface area (Å²) in [6.07, 6.45) is 0. The normalized spacial score (nSPS) is 10.5. The van der Waals surface area contributed by atoms with Gasteiger partial charge in [0.05, 0.1) is 10.7 Å². The Labute approximate surface area is 137 Å². The molecule has 110 valence electrons. The molecule has 0 aliphatic rings. The molecule has 0 amide bonds. The summed E-state index contributed by atoms with van der Waals surface area (Å²) in [7, 11) is 0. The molecule has 0 saturated carbocycles. The van der Waals surface area contributed by atoms with Gasteiger partial charge in [-0.2, -0.15) is 4.98 Å². The van der Waals surface area contributed by atoms with Crippen LogP contribution in [0.3, 0.4) is 0 Å². The van der Waals surface area contributed by atoms with Crippen LogP contribution in [0.4, 0.5) is 17.5 Å². The van der Waals surface area contributed by atoms with Crippen molar-refractivity contribution in [2.75, 3.05) is 11.1 Å². The number of halogens is 2. The average Bonchev–Trinajstić information content (AvgIpc) is 2.51. The van der Waals surface area contributed by atoms with Crippen LogP contribution in [0.15, 0.2) is 48.5 Å². The Balaban J connectivity index is 1.89. The highest BCUT2D eigenvalue weighted by Crippen LogP contribution is 2.28. The van der Waals surface area contributed by atoms with Crippen molar-refractivity contribution in [1.29, 1.82) is 0 Å². The number of anilines is 3. The topological polar surface area (TPSA) is 76.7 Å². The van der Waals surface area contributed by atoms with E-state index in [9.17, 15) is 0 Å². The number of hydrogen-bond donors (Lipinski definition) is 2. The molecule has 0 bridgehead atoms. The lowest BCUT2D eigenvalue weighted by molar-refractivity contribution is 0.992. The van der Waals surface area contributed by atoms with Gasteiger partial charge in [-0.05, 0) is 18.2 Å². The Morgan fingerprint density at radius 1 is 0.955 bits per heavy atom. The molecule has 7 heteroatoms. The molecule has 5 nitrogen and oxygen atoms in total. The lowest BCUT2D eigenvalue weighted by Gasteiger charge is -2.08. The first kappa shape index (κ1) is 14.6. The zero-order chi connectivity index (χ0) is 15.5. The molecule has 0 aliphatic carbocycles. The fourth-order valence-corrected chi connectivity index (χ4v) is 2.36. The third-order valence-electron chi connectivity index (χ3n) is 2.94. The smallest absolute Gasteiger partial charge is 0.249 e. The molecule has 1 heterocycles. The van der Waals surface area contributed by atoms with Gasteiger partial charge in [0.15, 0.2) is 5.82 Å². The molecule has 22 heavy (non-hydrogen) atoms. The predicted octanol–water partition coefficient (Wildman–Crippen LogP) is 4.17. The maximum absolute atomic E-state index is 6.09. The predicted molar refractivity (Wildman–Crippen MR) is 89.4 cm³/mol. The van der Waals surface area contributed by atoms with Crippen molar-refractivity contribution in [2.45, 2.75) is 0 Å². The van der Waals surface area contributed by atoms with Crippen molar-refractivity contribution < 1.29 is 0 Å². The SMILES string of the molecule is Nc1nc(Nc2ccc(Cl)cc2Cl)nnc1-c1ccccc1. The molecule has 0 saturated heterocycles. The van der Waals surface area contributed by atoms with Gasteiger partial charge in [-0.25, -0.2) is 0 Å². The number of benzene rings is 2. The first-order chi connectivity index (χ1) is 10.6. The molecule has 0 unspecified atom stereocenters. The molecule has 0 fully saturated rings. The molecule has 0 aliphatic heterocycles. The van der Waals surface area contributed by atoms with Gasteiger partial charge in [0.2, 0.25) is 5.95 Å². The maximum atomic E-state index is 6.09. The van der Waals surface area contributed by atoms with Gasteiger partial charge >= 0.3 is 0 Å². The Morgan fingerprint density at radius 2 is 1.73 bits per heavy atom. The summed E-state index contributed by atoms with van der Waals surface area (Å²) in [5.41, 5.74) is 7.98. The molecule has 3 N–H and O–H groups in total. The van der Waals surface area contributed by atoms with E-state index in [1.165, 1.54) is 0 Å². The van der Waals surface area contributed by atoms with Gasteiger partial charge in [-0.1, -0.05) is 53.5 Å². The number of nitrogens with two attached hydrogens (primary N) is 1. The van der Waals surface area contributed by atoms with Gasteiger partial charge < -0.3 is 11.1 Å². The quantitative estimate of drug-likeness (QED) is 0.753. The van der Waals surface area contributed by atoms with Crippen LogP contribution in [0, 0.1) is 0 Å². The third-order valence-corrected chi connectivity index (χ3v) is 3.49. The Kier molecular flexibility index (Phi) is 4.09. The van der Waals surface area contributed by atoms with E-state index in [4.69, 9.17) is 28.9 Å². The van der Waals surface area contributed by atoms with E-state index in [-0.39, 0.29) is 11.8 Å². The van der Waals surface area contributed by atoms with E-state index in [0.29, 0.717) is 21.4 Å². The maximum Gasteiger partial charge on any atom is 0.249 e. The van der Waals surface area contributed by atoms with Crippen molar-refractivity contribution in [3.05, 3.63) is 58.6 Å². The van der Waals surface area contributed by atoms with Crippen LogP contribution in [0.1, 0.15) is 0 Å². The summed E-state index contributed by atoms with van der Waals surface area (Å²) >= 11 is 12.0. The minimum atomic E-state index is 0.265. The number of hydrogen-bond acceptors (Lipinski definition) is 5. The molecule has 3 aromatic rings. The molecular formula is C15H11Cl2N5. The van der Waals surface area contributed by atoms with E-state index in [0.717, 1.165) is 5.56 Å². The van der Waals surface area contributed by atoms with E-state index in [2.05, 4.69) is 20.5 Å². The van der Waals surface area contributed by atoms with Gasteiger partial charge in [0.25, 0.3) is 0 Å². The summed E-state index contributed by atoms with van der Waals surface area (Å²) in [6.45, 7) is 0. The lowest BCUT2D eigenvalue weighted by atomic mass is 10.1. The van der Waals surface area contributed by atoms with Crippen molar-refractivity contribution in [2.24, 2.45) is 0 Å². The fraction of sp³-hybridized carbons (Fsp3) is 0. The van der Waals surface area contributed by atoms with E-state index in [1.54, 1.807) is 18.2 Å². The summed E-state index contributed by atoms with van der Waals surface area (Å²) in [4.78, 5) is 4.21. The number of aromatic nitrogens is 3. The number of rotatable bonds is 3. The highest BCUT2D eigenvalue weighted by atomic mass is 35.5. The monoisotopic (exact) mass is 331 g/mol. The molecule has 0 radical (unpaired) electrons. The van der Waals surface area contributed by atoms with Crippen molar-refractivity contribution in [3.8, 4) is 11.3 Å². The second-order valence-electron chi connectivity index (χ2n) is 4.48. The highest BCUT2D eigenvalue weighted by molar-refractivity contribution is 6.36. The number of nitrogens with zero attached hydrogens (tertiary/aromatic N) is 3. The molecule has 0 atom stereocenters. The zero-order valence-corrected chi connectivity index (χ0v) is 12.8. The van der Waals surface area contributed by atoms with Crippen molar-refractivity contribution in [1.82, 2.24) is 15.2 Å². The molecule has 1 aromatic heterocycles. The minimum Gasteiger partial charge on any atom is -0.382 e. The first-order valence-corrected chi connectivity index (χ1v) is 7.17. The zero-order valence-electron chi connectivity index (χ0n) is 11.3. The van der Waals surface area contributed by atoms with Crippen LogP contribution in [0.5, 0.6) is 0 Å². The molecular weight excluding hydrogens is 321 g/mol. The largest absolute Gasteiger partial charge is 0.382 e. The molecule has 0 spiro atoms. The molecule has 2 aromatic carbocycles. The number of nitrogens with one attached hydrogen (secondary N) is 1. The van der Waals surface area contributed by atoms with E-state index < -0.39 is 0 Å². The third kappa shape index (κ3) is 3.10. The second-order valence-corrected chi connectivity index (χ2v) is 5.33. The minimum absolute atomic E-state index is 0.265. The van der Waals surface area contributed by atoms with Crippen LogP contribution >= 0.6 is 23.2 Å². The standard InChI is InChI=1S/C15H11Cl2N5/c16-10-6-7-12(11(17)8-10)19-15-20-14(18)13(21-22-15)9-4-2-1-3-5-9/h1-8H,(H3,18,19,20,22). The lowest BCUT2D eigenvalue weighted by Crippen LogP contribution is -2.05. The van der Waals surface area contributed by atoms with Crippen LogP contribution in [-0.2, 0) is 0 Å². The summed E-state index contributed by atoms with van der Waals surface area (Å²) in [6, 6.07) is 14.6. The average molecular weight is 332 g/mol. The van der Waals surface area contributed by atoms with Gasteiger partial charge in [0.1, 0.15) is 5.69 Å². The van der Waals surface area contributed by atoms with Crippen molar-refractivity contribution >= 4 is 40.7 Å². The highest BCUT2D eigenvalue weighted by Gasteiger charge is 2.09. The molecule has 3 rings (SSSR count). The summed E-state index contributed by atoms with van der Waals surface area (Å²) in [5.74, 6) is 0.551. The Morgan fingerprint density at radius 3 is 2.41 bits per heavy atom. The van der Waals surface area contributed by atoms with Gasteiger partial charge in [0, 0.05) is 10.6 Å². The fourth-order valence-electron chi connectivity index (χ4n) is 1.90. The van der Waals surface area contributed by atoms with Crippen molar-refractivity contribution in [3.63, 3.8) is 0 Å². The van der Waals surface area contributed by atoms with Crippen LogP contribution < -0.4 is 11.1 Å². The van der Waals surface area contributed by atoms with Crippen LogP contribution in [0.2, 0.25) is 10.0 Å². The van der Waals surface area contributed by atoms with E-state index >= 15 is 0 Å². The first-order valence-electron chi connectivity index (χ1n) is 6.41. The van der Waals surface area contributed by atoms with Crippen LogP contribution in [0.25, 0.3) is 11.3 Å². The van der Waals surface area contributed by atoms with Gasteiger partial charge in [-0.3, -0.25) is 0 Å². The summed E-state index contributed by atoms with van der Waals surface area (Å²) < 4.78 is 0. The number of nitrogen functional groups attached to an aromatic ring is 1. The Bertz CT molecular complexity index is 808. The van der Waals surface area contributed by atoms with Gasteiger partial charge in [-0.15, -0.1) is 10.2 Å². The summed E-state index contributed by atoms with van der Waals surface area (Å²) in [5, 5.41) is 12.1. The van der Waals surface area contributed by atoms with E-state index in [1.807, 2.05) is 30.3 Å². The second kappa shape index (κ2) is 6.17.